The van der Waals surface area contributed by atoms with E-state index in [0.29, 0.717) is 58.5 Å². The first-order valence-corrected chi connectivity index (χ1v) is 10.1. The molecular formula is C18H34N2O4S. The monoisotopic (exact) mass is 374 g/mol. The number of thioether (sulfide) groups is 1. The highest BCUT2D eigenvalue weighted by molar-refractivity contribution is 7.99. The molecule has 146 valence electrons. The molecule has 0 aliphatic carbocycles. The van der Waals surface area contributed by atoms with Crippen molar-refractivity contribution < 1.29 is 19.0 Å². The molecule has 0 bridgehead atoms. The van der Waals surface area contributed by atoms with Gasteiger partial charge in [0.15, 0.2) is 0 Å². The number of hydrogen-bond donors (Lipinski definition) is 2. The lowest BCUT2D eigenvalue weighted by Gasteiger charge is -2.15. The normalized spacial score (nSPS) is 11.9. The first kappa shape index (κ1) is 24.2. The third-order valence-corrected chi connectivity index (χ3v) is 3.95. The van der Waals surface area contributed by atoms with E-state index in [4.69, 9.17) is 19.9 Å². The minimum Gasteiger partial charge on any atom is -0.379 e. The van der Waals surface area contributed by atoms with Crippen LogP contribution < -0.4 is 11.1 Å². The standard InChI is InChI=1S/C18H34N2O4S/c1-16(2)6-5-10-20-17(21)8-11-22-12-13-23-14-15-24-18(25-3)7-4-9-19/h16,18H,4,7-15,19H2,1-3H3,(H,20,21). The van der Waals surface area contributed by atoms with E-state index in [1.54, 1.807) is 11.8 Å². The van der Waals surface area contributed by atoms with Gasteiger partial charge in [-0.1, -0.05) is 25.7 Å². The Bertz CT molecular complexity index is 383. The Hall–Kier alpha value is -0.780. The van der Waals surface area contributed by atoms with E-state index >= 15 is 0 Å². The molecule has 0 aromatic carbocycles. The van der Waals surface area contributed by atoms with Gasteiger partial charge < -0.3 is 25.3 Å². The number of amides is 1. The zero-order chi connectivity index (χ0) is 18.8. The van der Waals surface area contributed by atoms with Crippen molar-refractivity contribution in [1.29, 1.82) is 0 Å². The average molecular weight is 375 g/mol. The number of nitrogens with one attached hydrogen (secondary N) is 1. The highest BCUT2D eigenvalue weighted by Gasteiger charge is 2.05. The maximum atomic E-state index is 11.5. The van der Waals surface area contributed by atoms with Crippen molar-refractivity contribution in [3.63, 3.8) is 0 Å². The molecule has 1 amide bonds. The Balaban J connectivity index is 3.38. The van der Waals surface area contributed by atoms with Gasteiger partial charge in [0.05, 0.1) is 39.6 Å². The van der Waals surface area contributed by atoms with E-state index in [9.17, 15) is 4.79 Å². The molecule has 0 radical (unpaired) electrons. The minimum absolute atomic E-state index is 0.0482. The molecule has 6 nitrogen and oxygen atoms in total. The van der Waals surface area contributed by atoms with E-state index in [2.05, 4.69) is 17.2 Å². The summed E-state index contributed by atoms with van der Waals surface area (Å²) in [5.74, 6) is 6.17. The lowest BCUT2D eigenvalue weighted by atomic mass is 10.2. The van der Waals surface area contributed by atoms with Gasteiger partial charge in [0.2, 0.25) is 5.91 Å². The molecule has 0 spiro atoms. The third kappa shape index (κ3) is 17.8. The average Bonchev–Trinajstić information content (AvgIpc) is 2.59. The topological polar surface area (TPSA) is 82.8 Å². The highest BCUT2D eigenvalue weighted by atomic mass is 32.2. The Morgan fingerprint density at radius 3 is 2.48 bits per heavy atom. The molecule has 3 N–H and O–H groups in total. The van der Waals surface area contributed by atoms with Crippen molar-refractivity contribution >= 4 is 17.7 Å². The maximum Gasteiger partial charge on any atom is 0.223 e. The van der Waals surface area contributed by atoms with Crippen LogP contribution in [0.2, 0.25) is 0 Å². The van der Waals surface area contributed by atoms with Crippen LogP contribution in [0.5, 0.6) is 0 Å². The van der Waals surface area contributed by atoms with E-state index in [0.717, 1.165) is 12.8 Å². The highest BCUT2D eigenvalue weighted by Crippen LogP contribution is 2.13. The van der Waals surface area contributed by atoms with E-state index in [-0.39, 0.29) is 11.3 Å². The van der Waals surface area contributed by atoms with Crippen LogP contribution in [0, 0.1) is 17.8 Å². The fourth-order valence-electron chi connectivity index (χ4n) is 1.77. The van der Waals surface area contributed by atoms with Crippen LogP contribution in [0.4, 0.5) is 0 Å². The summed E-state index contributed by atoms with van der Waals surface area (Å²) in [5, 5.41) is 2.74. The van der Waals surface area contributed by atoms with Gasteiger partial charge in [0, 0.05) is 12.3 Å². The molecule has 7 heteroatoms. The molecule has 25 heavy (non-hydrogen) atoms. The van der Waals surface area contributed by atoms with Crippen molar-refractivity contribution in [3.05, 3.63) is 0 Å². The van der Waals surface area contributed by atoms with Crippen molar-refractivity contribution in [2.45, 2.75) is 38.5 Å². The van der Waals surface area contributed by atoms with Crippen LogP contribution in [0.25, 0.3) is 0 Å². The summed E-state index contributed by atoms with van der Waals surface area (Å²) in [4.78, 5) is 11.5. The summed E-state index contributed by atoms with van der Waals surface area (Å²) in [6.07, 6.45) is 4.30. The summed E-state index contributed by atoms with van der Waals surface area (Å²) in [6.45, 7) is 7.57. The number of nitrogens with two attached hydrogens (primary N) is 1. The largest absolute Gasteiger partial charge is 0.379 e. The first-order valence-electron chi connectivity index (χ1n) is 8.85. The SMILES string of the molecule is CSC(CCCN)OCCOCCOCCC(=O)NCC#CC(C)C. The lowest BCUT2D eigenvalue weighted by Crippen LogP contribution is -2.25. The van der Waals surface area contributed by atoms with Crippen LogP contribution in [0.3, 0.4) is 0 Å². The summed E-state index contributed by atoms with van der Waals surface area (Å²) in [7, 11) is 0. The fourth-order valence-corrected chi connectivity index (χ4v) is 2.40. The van der Waals surface area contributed by atoms with Gasteiger partial charge in [-0.2, -0.15) is 0 Å². The molecule has 0 aliphatic rings. The molecule has 0 rings (SSSR count). The predicted molar refractivity (Wildman–Crippen MR) is 103 cm³/mol. The lowest BCUT2D eigenvalue weighted by molar-refractivity contribution is -0.122. The van der Waals surface area contributed by atoms with Gasteiger partial charge in [-0.05, 0) is 25.6 Å². The van der Waals surface area contributed by atoms with Gasteiger partial charge in [-0.25, -0.2) is 0 Å². The van der Waals surface area contributed by atoms with Gasteiger partial charge in [-0.15, -0.1) is 11.8 Å². The maximum absolute atomic E-state index is 11.5. The summed E-state index contributed by atoms with van der Waals surface area (Å²) in [5.41, 5.74) is 5.68. The molecule has 0 aromatic rings. The number of ether oxygens (including phenoxy) is 3. The number of carbonyl (C=O) groups excluding carboxylic acids is 1. The van der Waals surface area contributed by atoms with Gasteiger partial charge in [0.1, 0.15) is 5.44 Å². The van der Waals surface area contributed by atoms with Crippen molar-refractivity contribution in [2.75, 3.05) is 52.4 Å². The summed E-state index contributed by atoms with van der Waals surface area (Å²) >= 11 is 1.69. The third-order valence-electron chi connectivity index (χ3n) is 3.05. The second kappa shape index (κ2) is 18.0. The molecular weight excluding hydrogens is 340 g/mol. The van der Waals surface area contributed by atoms with Crippen molar-refractivity contribution in [2.24, 2.45) is 11.7 Å². The van der Waals surface area contributed by atoms with E-state index < -0.39 is 0 Å². The van der Waals surface area contributed by atoms with Gasteiger partial charge >= 0.3 is 0 Å². The smallest absolute Gasteiger partial charge is 0.223 e. The second-order valence-electron chi connectivity index (χ2n) is 5.69. The molecule has 0 aromatic heterocycles. The summed E-state index contributed by atoms with van der Waals surface area (Å²) in [6, 6.07) is 0. The molecule has 0 saturated heterocycles. The molecule has 0 heterocycles. The van der Waals surface area contributed by atoms with Crippen LogP contribution in [-0.2, 0) is 19.0 Å². The zero-order valence-corrected chi connectivity index (χ0v) is 16.7. The number of rotatable bonds is 15. The fraction of sp³-hybridized carbons (Fsp3) is 0.833. The zero-order valence-electron chi connectivity index (χ0n) is 15.8. The molecule has 1 unspecified atom stereocenters. The second-order valence-corrected chi connectivity index (χ2v) is 6.69. The van der Waals surface area contributed by atoms with Gasteiger partial charge in [0.25, 0.3) is 0 Å². The van der Waals surface area contributed by atoms with Crippen molar-refractivity contribution in [1.82, 2.24) is 5.32 Å². The first-order chi connectivity index (χ1) is 12.1. The number of carbonyl (C=O) groups is 1. The van der Waals surface area contributed by atoms with Crippen LogP contribution >= 0.6 is 11.8 Å². The Morgan fingerprint density at radius 2 is 1.84 bits per heavy atom. The molecule has 1 atom stereocenters. The summed E-state index contributed by atoms with van der Waals surface area (Å²) < 4.78 is 16.5. The predicted octanol–water partition coefficient (Wildman–Crippen LogP) is 1.63. The van der Waals surface area contributed by atoms with Crippen LogP contribution in [0.1, 0.15) is 33.1 Å². The van der Waals surface area contributed by atoms with Crippen molar-refractivity contribution in [3.8, 4) is 11.8 Å². The minimum atomic E-state index is -0.0482. The van der Waals surface area contributed by atoms with E-state index in [1.807, 2.05) is 20.1 Å². The van der Waals surface area contributed by atoms with Crippen LogP contribution in [-0.4, -0.2) is 63.7 Å². The Morgan fingerprint density at radius 1 is 1.16 bits per heavy atom. The number of hydrogen-bond acceptors (Lipinski definition) is 6. The van der Waals surface area contributed by atoms with Gasteiger partial charge in [-0.3, -0.25) is 4.79 Å². The van der Waals surface area contributed by atoms with E-state index in [1.165, 1.54) is 0 Å². The van der Waals surface area contributed by atoms with Crippen LogP contribution in [0.15, 0.2) is 0 Å². The quantitative estimate of drug-likeness (QED) is 0.258. The molecule has 0 saturated carbocycles. The molecule has 0 aliphatic heterocycles. The molecule has 0 fully saturated rings. The Kier molecular flexibility index (Phi) is 17.5. The Labute approximate surface area is 156 Å².